The van der Waals surface area contributed by atoms with E-state index in [0.717, 1.165) is 37.2 Å². The summed E-state index contributed by atoms with van der Waals surface area (Å²) in [4.78, 5) is 27.6. The molecule has 8 nitrogen and oxygen atoms in total. The highest BCUT2D eigenvalue weighted by molar-refractivity contribution is 7.19. The molecule has 4 aromatic rings. The fraction of sp³-hybridized carbons (Fsp3) is 0.238. The van der Waals surface area contributed by atoms with Gasteiger partial charge in [-0.1, -0.05) is 6.07 Å². The topological polar surface area (TPSA) is 103 Å². The minimum Gasteiger partial charge on any atom is -0.494 e. The highest BCUT2D eigenvalue weighted by Crippen LogP contribution is 2.41. The van der Waals surface area contributed by atoms with Crippen LogP contribution in [-0.4, -0.2) is 52.8 Å². The van der Waals surface area contributed by atoms with Crippen LogP contribution in [0, 0.1) is 0 Å². The second-order valence-corrected chi connectivity index (χ2v) is 8.81. The Labute approximate surface area is 186 Å². The molecule has 1 unspecified atom stereocenters. The van der Waals surface area contributed by atoms with E-state index >= 15 is 0 Å². The maximum absolute atomic E-state index is 11.9. The SMILES string of the molecule is COc1ccc(-c2csc(-c3ccccn3)n2)c2sc(C3COCCN3C(N)=O)nc12. The zero-order valence-electron chi connectivity index (χ0n) is 16.6. The summed E-state index contributed by atoms with van der Waals surface area (Å²) in [7, 11) is 1.62. The average Bonchev–Trinajstić information content (AvgIpc) is 3.47. The molecule has 1 fully saturated rings. The molecule has 5 rings (SSSR count). The van der Waals surface area contributed by atoms with E-state index in [-0.39, 0.29) is 6.04 Å². The lowest BCUT2D eigenvalue weighted by Crippen LogP contribution is -2.45. The molecule has 1 aliphatic rings. The molecule has 2 N–H and O–H groups in total. The van der Waals surface area contributed by atoms with Crippen molar-refractivity contribution >= 4 is 38.9 Å². The number of aromatic nitrogens is 3. The Morgan fingerprint density at radius 1 is 1.26 bits per heavy atom. The van der Waals surface area contributed by atoms with Crippen molar-refractivity contribution < 1.29 is 14.3 Å². The number of rotatable bonds is 4. The summed E-state index contributed by atoms with van der Waals surface area (Å²) >= 11 is 3.05. The molecule has 0 aliphatic carbocycles. The first-order valence-corrected chi connectivity index (χ1v) is 11.3. The van der Waals surface area contributed by atoms with Crippen LogP contribution in [0.1, 0.15) is 11.0 Å². The predicted molar refractivity (Wildman–Crippen MR) is 120 cm³/mol. The third-order valence-electron chi connectivity index (χ3n) is 5.10. The number of methoxy groups -OCH3 is 1. The summed E-state index contributed by atoms with van der Waals surface area (Å²) in [6, 6.07) is 8.86. The van der Waals surface area contributed by atoms with Gasteiger partial charge in [-0.3, -0.25) is 4.98 Å². The predicted octanol–water partition coefficient (Wildman–Crippen LogP) is 3.94. The summed E-state index contributed by atoms with van der Waals surface area (Å²) < 4.78 is 12.1. The fourth-order valence-corrected chi connectivity index (χ4v) is 5.58. The van der Waals surface area contributed by atoms with Crippen LogP contribution in [0.4, 0.5) is 4.79 Å². The van der Waals surface area contributed by atoms with Crippen LogP contribution in [0.2, 0.25) is 0 Å². The zero-order chi connectivity index (χ0) is 21.4. The molecule has 31 heavy (non-hydrogen) atoms. The average molecular weight is 454 g/mol. The van der Waals surface area contributed by atoms with Gasteiger partial charge in [-0.15, -0.1) is 22.7 Å². The minimum atomic E-state index is -0.473. The first-order valence-electron chi connectivity index (χ1n) is 9.64. The second kappa shape index (κ2) is 8.22. The Hall–Kier alpha value is -3.08. The number of nitrogens with zero attached hydrogens (tertiary/aromatic N) is 4. The highest BCUT2D eigenvalue weighted by Gasteiger charge is 2.31. The summed E-state index contributed by atoms with van der Waals surface area (Å²) in [5.74, 6) is 0.670. The number of nitrogens with two attached hydrogens (primary N) is 1. The number of benzene rings is 1. The van der Waals surface area contributed by atoms with Crippen LogP contribution in [-0.2, 0) is 4.74 Å². The van der Waals surface area contributed by atoms with E-state index in [9.17, 15) is 4.79 Å². The van der Waals surface area contributed by atoms with Crippen molar-refractivity contribution in [2.24, 2.45) is 5.73 Å². The molecule has 158 valence electrons. The van der Waals surface area contributed by atoms with Crippen molar-refractivity contribution in [1.82, 2.24) is 19.9 Å². The Kier molecular flexibility index (Phi) is 5.26. The van der Waals surface area contributed by atoms with Crippen LogP contribution in [0.5, 0.6) is 5.75 Å². The van der Waals surface area contributed by atoms with E-state index in [1.54, 1.807) is 29.5 Å². The number of carbonyl (C=O) groups excluding carboxylic acids is 1. The summed E-state index contributed by atoms with van der Waals surface area (Å²) in [5, 5.41) is 3.63. The third kappa shape index (κ3) is 3.62. The quantitative estimate of drug-likeness (QED) is 0.502. The Morgan fingerprint density at radius 2 is 2.16 bits per heavy atom. The molecule has 10 heteroatoms. The number of morpholine rings is 1. The minimum absolute atomic E-state index is 0.319. The third-order valence-corrected chi connectivity index (χ3v) is 7.16. The van der Waals surface area contributed by atoms with Gasteiger partial charge in [0.2, 0.25) is 0 Å². The van der Waals surface area contributed by atoms with Gasteiger partial charge in [0.05, 0.1) is 36.4 Å². The van der Waals surface area contributed by atoms with Gasteiger partial charge in [0, 0.05) is 23.7 Å². The van der Waals surface area contributed by atoms with Gasteiger partial charge in [0.15, 0.2) is 0 Å². The monoisotopic (exact) mass is 453 g/mol. The number of hydrogen-bond acceptors (Lipinski definition) is 8. The number of primary amides is 1. The molecule has 0 spiro atoms. The number of hydrogen-bond donors (Lipinski definition) is 1. The zero-order valence-corrected chi connectivity index (χ0v) is 18.3. The lowest BCUT2D eigenvalue weighted by atomic mass is 10.1. The Morgan fingerprint density at radius 3 is 2.94 bits per heavy atom. The first-order chi connectivity index (χ1) is 15.2. The first kappa shape index (κ1) is 19.9. The van der Waals surface area contributed by atoms with E-state index in [0.29, 0.717) is 25.5 Å². The van der Waals surface area contributed by atoms with Crippen LogP contribution < -0.4 is 10.5 Å². The van der Waals surface area contributed by atoms with Gasteiger partial charge in [0.1, 0.15) is 27.3 Å². The molecule has 0 saturated carbocycles. The number of urea groups is 1. The second-order valence-electron chi connectivity index (χ2n) is 6.92. The Bertz CT molecular complexity index is 1240. The van der Waals surface area contributed by atoms with Gasteiger partial charge in [0.25, 0.3) is 0 Å². The summed E-state index contributed by atoms with van der Waals surface area (Å²) in [6.45, 7) is 1.27. The van der Waals surface area contributed by atoms with Crippen molar-refractivity contribution in [1.29, 1.82) is 0 Å². The van der Waals surface area contributed by atoms with Crippen LogP contribution in [0.25, 0.3) is 32.2 Å². The lowest BCUT2D eigenvalue weighted by molar-refractivity contribution is 0.0137. The number of fused-ring (bicyclic) bond motifs is 1. The largest absolute Gasteiger partial charge is 0.494 e. The molecule has 4 heterocycles. The van der Waals surface area contributed by atoms with Gasteiger partial charge >= 0.3 is 6.03 Å². The smallest absolute Gasteiger partial charge is 0.315 e. The molecular weight excluding hydrogens is 434 g/mol. The maximum Gasteiger partial charge on any atom is 0.315 e. The summed E-state index contributed by atoms with van der Waals surface area (Å²) in [6.07, 6.45) is 1.76. The number of thiazole rings is 2. The van der Waals surface area contributed by atoms with Gasteiger partial charge < -0.3 is 20.1 Å². The Balaban J connectivity index is 1.60. The van der Waals surface area contributed by atoms with Gasteiger partial charge in [-0.25, -0.2) is 14.8 Å². The van der Waals surface area contributed by atoms with Crippen molar-refractivity contribution in [2.75, 3.05) is 26.9 Å². The van der Waals surface area contributed by atoms with E-state index in [1.807, 2.05) is 35.7 Å². The molecule has 1 saturated heterocycles. The van der Waals surface area contributed by atoms with E-state index in [4.69, 9.17) is 25.2 Å². The van der Waals surface area contributed by atoms with Crippen LogP contribution in [0.15, 0.2) is 41.9 Å². The van der Waals surface area contributed by atoms with Gasteiger partial charge in [-0.2, -0.15) is 0 Å². The molecule has 1 atom stereocenters. The summed E-state index contributed by atoms with van der Waals surface area (Å²) in [5.41, 5.74) is 8.98. The van der Waals surface area contributed by atoms with Crippen LogP contribution >= 0.6 is 22.7 Å². The number of ether oxygens (including phenoxy) is 2. The highest BCUT2D eigenvalue weighted by atomic mass is 32.1. The number of carbonyl (C=O) groups is 1. The molecular formula is C21H19N5O3S2. The molecule has 0 radical (unpaired) electrons. The van der Waals surface area contributed by atoms with Crippen molar-refractivity contribution in [2.45, 2.75) is 6.04 Å². The van der Waals surface area contributed by atoms with Crippen molar-refractivity contribution in [3.05, 3.63) is 46.9 Å². The fourth-order valence-electron chi connectivity index (χ4n) is 3.59. The standard InChI is InChI=1S/C21H19N5O3S2/c1-28-16-6-5-12(14-11-30-19(24-14)13-4-2-3-7-23-13)18-17(16)25-20(31-18)15-10-29-9-8-26(15)21(22)27/h2-7,11,15H,8-10H2,1H3,(H2,22,27). The van der Waals surface area contributed by atoms with Crippen molar-refractivity contribution in [3.8, 4) is 27.7 Å². The van der Waals surface area contributed by atoms with Crippen molar-refractivity contribution in [3.63, 3.8) is 0 Å². The normalized spacial score (nSPS) is 16.5. The molecule has 2 amide bonds. The van der Waals surface area contributed by atoms with Crippen LogP contribution in [0.3, 0.4) is 0 Å². The van der Waals surface area contributed by atoms with E-state index in [2.05, 4.69) is 4.98 Å². The molecule has 1 aliphatic heterocycles. The number of amides is 2. The molecule has 0 bridgehead atoms. The number of pyridine rings is 1. The maximum atomic E-state index is 11.9. The molecule has 1 aromatic carbocycles. The van der Waals surface area contributed by atoms with E-state index in [1.165, 1.54) is 11.3 Å². The van der Waals surface area contributed by atoms with Gasteiger partial charge in [-0.05, 0) is 24.3 Å². The molecule has 3 aromatic heterocycles. The van der Waals surface area contributed by atoms with E-state index < -0.39 is 6.03 Å². The lowest BCUT2D eigenvalue weighted by Gasteiger charge is -2.32.